The highest BCUT2D eigenvalue weighted by molar-refractivity contribution is 6.21. The Bertz CT molecular complexity index is 1680. The van der Waals surface area contributed by atoms with E-state index in [1.165, 1.54) is 0 Å². The Hall–Kier alpha value is -4.58. The molecule has 0 fully saturated rings. The van der Waals surface area contributed by atoms with E-state index in [1.807, 2.05) is 24.3 Å². The van der Waals surface area contributed by atoms with Gasteiger partial charge in [0.15, 0.2) is 0 Å². The summed E-state index contributed by atoms with van der Waals surface area (Å²) in [6, 6.07) is 23.0. The van der Waals surface area contributed by atoms with Crippen molar-refractivity contribution in [3.05, 3.63) is 96.3 Å². The zero-order chi connectivity index (χ0) is 22.5. The second-order valence-corrected chi connectivity index (χ2v) is 7.99. The lowest BCUT2D eigenvalue weighted by Crippen LogP contribution is -2.00. The molecule has 0 aliphatic rings. The highest BCUT2D eigenvalue weighted by atomic mass is 16.4. The molecule has 0 radical (unpaired) electrons. The van der Waals surface area contributed by atoms with Crippen molar-refractivity contribution in [1.29, 1.82) is 0 Å². The van der Waals surface area contributed by atoms with E-state index >= 15 is 0 Å². The van der Waals surface area contributed by atoms with Gasteiger partial charge in [-0.05, 0) is 55.5 Å². The molecule has 0 saturated carbocycles. The van der Waals surface area contributed by atoms with Gasteiger partial charge in [-0.15, -0.1) is 0 Å². The zero-order valence-electron chi connectivity index (χ0n) is 17.7. The van der Waals surface area contributed by atoms with Crippen LogP contribution in [-0.2, 0) is 0 Å². The maximum atomic E-state index is 11.4. The number of aromatic nitrogens is 4. The largest absolute Gasteiger partial charge is 0.478 e. The minimum absolute atomic E-state index is 0.237. The van der Waals surface area contributed by atoms with Crippen molar-refractivity contribution in [1.82, 2.24) is 19.5 Å². The summed E-state index contributed by atoms with van der Waals surface area (Å²) in [7, 11) is 0. The van der Waals surface area contributed by atoms with Crippen LogP contribution in [0.4, 0.5) is 0 Å². The molecule has 33 heavy (non-hydrogen) atoms. The minimum Gasteiger partial charge on any atom is -0.478 e. The molecule has 6 heteroatoms. The lowest BCUT2D eigenvalue weighted by molar-refractivity contribution is 0.0697. The number of carboxylic acids is 1. The van der Waals surface area contributed by atoms with Crippen molar-refractivity contribution >= 4 is 38.8 Å². The fraction of sp³-hybridized carbons (Fsp3) is 0.0370. The normalized spacial score (nSPS) is 11.4. The van der Waals surface area contributed by atoms with Crippen molar-refractivity contribution in [2.75, 3.05) is 0 Å². The molecule has 0 atom stereocenters. The number of carbonyl (C=O) groups is 1. The lowest BCUT2D eigenvalue weighted by Gasteiger charge is -2.12. The number of hydrogen-bond donors (Lipinski definition) is 1. The quantitative estimate of drug-likeness (QED) is 0.359. The molecule has 6 nitrogen and oxygen atoms in total. The Morgan fingerprint density at radius 1 is 0.788 bits per heavy atom. The maximum Gasteiger partial charge on any atom is 0.335 e. The van der Waals surface area contributed by atoms with Gasteiger partial charge in [-0.1, -0.05) is 29.8 Å². The Labute approximate surface area is 188 Å². The molecule has 0 bridgehead atoms. The zero-order valence-corrected chi connectivity index (χ0v) is 17.7. The maximum absolute atomic E-state index is 11.4. The first kappa shape index (κ1) is 19.1. The molecule has 0 aliphatic carbocycles. The number of benzene rings is 3. The van der Waals surface area contributed by atoms with Crippen LogP contribution < -0.4 is 0 Å². The van der Waals surface area contributed by atoms with Crippen molar-refractivity contribution in [2.24, 2.45) is 0 Å². The van der Waals surface area contributed by atoms with Crippen LogP contribution in [0.2, 0.25) is 0 Å². The predicted molar refractivity (Wildman–Crippen MR) is 129 cm³/mol. The summed E-state index contributed by atoms with van der Waals surface area (Å²) in [5, 5.41) is 11.2. The van der Waals surface area contributed by atoms with Crippen molar-refractivity contribution in [3.63, 3.8) is 0 Å². The molecule has 3 aromatic heterocycles. The second-order valence-electron chi connectivity index (χ2n) is 7.99. The topological polar surface area (TPSA) is 80.9 Å². The van der Waals surface area contributed by atoms with E-state index in [2.05, 4.69) is 45.7 Å². The first-order valence-electron chi connectivity index (χ1n) is 10.6. The van der Waals surface area contributed by atoms with Crippen molar-refractivity contribution < 1.29 is 9.90 Å². The molecule has 0 amide bonds. The van der Waals surface area contributed by atoms with Gasteiger partial charge >= 0.3 is 5.97 Å². The van der Waals surface area contributed by atoms with E-state index in [9.17, 15) is 9.90 Å². The number of nitrogens with zero attached hydrogens (tertiary/aromatic N) is 4. The highest BCUT2D eigenvalue weighted by Crippen LogP contribution is 2.37. The fourth-order valence-corrected chi connectivity index (χ4v) is 4.33. The molecule has 0 aliphatic heterocycles. The number of aromatic carboxylic acids is 1. The van der Waals surface area contributed by atoms with E-state index in [-0.39, 0.29) is 5.56 Å². The summed E-state index contributed by atoms with van der Waals surface area (Å²) in [5.41, 5.74) is 6.59. The van der Waals surface area contributed by atoms with E-state index < -0.39 is 5.97 Å². The molecular formula is C27H18N4O2. The Morgan fingerprint density at radius 3 is 2.09 bits per heavy atom. The number of aryl methyl sites for hydroxylation is 1. The van der Waals surface area contributed by atoms with Gasteiger partial charge < -0.3 is 5.11 Å². The third kappa shape index (κ3) is 2.96. The Kier molecular flexibility index (Phi) is 4.20. The first-order valence-corrected chi connectivity index (χ1v) is 10.6. The summed E-state index contributed by atoms with van der Waals surface area (Å²) in [6.45, 7) is 2.06. The molecule has 158 valence electrons. The average molecular weight is 430 g/mol. The van der Waals surface area contributed by atoms with E-state index in [0.717, 1.165) is 55.5 Å². The third-order valence-corrected chi connectivity index (χ3v) is 5.91. The van der Waals surface area contributed by atoms with E-state index in [1.54, 1.807) is 36.7 Å². The summed E-state index contributed by atoms with van der Waals surface area (Å²) >= 11 is 0. The summed E-state index contributed by atoms with van der Waals surface area (Å²) < 4.78 is 2.13. The van der Waals surface area contributed by atoms with Crippen LogP contribution in [0.5, 0.6) is 0 Å². The van der Waals surface area contributed by atoms with Gasteiger partial charge in [-0.3, -0.25) is 14.5 Å². The van der Waals surface area contributed by atoms with Gasteiger partial charge in [0, 0.05) is 34.4 Å². The van der Waals surface area contributed by atoms with Crippen LogP contribution in [0.3, 0.4) is 0 Å². The second kappa shape index (κ2) is 7.24. The predicted octanol–water partition coefficient (Wildman–Crippen LogP) is 5.80. The molecular weight excluding hydrogens is 412 g/mol. The Balaban J connectivity index is 1.79. The Morgan fingerprint density at radius 2 is 1.42 bits per heavy atom. The average Bonchev–Trinajstić information content (AvgIpc) is 3.26. The van der Waals surface area contributed by atoms with Crippen LogP contribution in [0, 0.1) is 6.92 Å². The summed E-state index contributed by atoms with van der Waals surface area (Å²) in [5.74, 6) is -0.227. The summed E-state index contributed by atoms with van der Waals surface area (Å²) in [4.78, 5) is 25.7. The SMILES string of the molecule is Cc1ccc(-n2c(-c3ccc(C(=O)O)cc3)nc3c4cccnc4c4ncccc4c32)cc1. The highest BCUT2D eigenvalue weighted by Gasteiger charge is 2.21. The summed E-state index contributed by atoms with van der Waals surface area (Å²) in [6.07, 6.45) is 3.55. The molecule has 6 aromatic rings. The van der Waals surface area contributed by atoms with Crippen LogP contribution >= 0.6 is 0 Å². The number of pyridine rings is 2. The number of hydrogen-bond acceptors (Lipinski definition) is 4. The molecule has 1 N–H and O–H groups in total. The number of imidazole rings is 1. The van der Waals surface area contributed by atoms with Crippen LogP contribution in [0.15, 0.2) is 85.2 Å². The smallest absolute Gasteiger partial charge is 0.335 e. The van der Waals surface area contributed by atoms with Gasteiger partial charge in [0.1, 0.15) is 5.82 Å². The number of rotatable bonds is 3. The number of fused-ring (bicyclic) bond motifs is 6. The van der Waals surface area contributed by atoms with Gasteiger partial charge in [-0.2, -0.15) is 0 Å². The van der Waals surface area contributed by atoms with Crippen molar-refractivity contribution in [2.45, 2.75) is 6.92 Å². The van der Waals surface area contributed by atoms with Crippen LogP contribution in [0.1, 0.15) is 15.9 Å². The molecule has 0 unspecified atom stereocenters. The van der Waals surface area contributed by atoms with Gasteiger partial charge in [-0.25, -0.2) is 9.78 Å². The molecule has 3 heterocycles. The molecule has 3 aromatic carbocycles. The van der Waals surface area contributed by atoms with Gasteiger partial charge in [0.05, 0.1) is 27.6 Å². The van der Waals surface area contributed by atoms with E-state index in [4.69, 9.17) is 4.98 Å². The van der Waals surface area contributed by atoms with Gasteiger partial charge in [0.2, 0.25) is 0 Å². The first-order chi connectivity index (χ1) is 16.1. The molecule has 0 spiro atoms. The molecule has 6 rings (SSSR count). The van der Waals surface area contributed by atoms with Crippen molar-refractivity contribution in [3.8, 4) is 17.1 Å². The van der Waals surface area contributed by atoms with Gasteiger partial charge in [0.25, 0.3) is 0 Å². The standard InChI is InChI=1S/C27H18N4O2/c1-16-6-12-19(13-7-16)31-25-21-5-3-15-29-23(21)22-20(4-2-14-28-22)24(25)30-26(31)17-8-10-18(11-9-17)27(32)33/h2-15H,1H3,(H,32,33). The fourth-order valence-electron chi connectivity index (χ4n) is 4.33. The monoisotopic (exact) mass is 430 g/mol. The van der Waals surface area contributed by atoms with E-state index in [0.29, 0.717) is 0 Å². The number of carboxylic acid groups (broad SMARTS) is 1. The van der Waals surface area contributed by atoms with Crippen LogP contribution in [0.25, 0.3) is 49.9 Å². The minimum atomic E-state index is -0.956. The van der Waals surface area contributed by atoms with Crippen LogP contribution in [-0.4, -0.2) is 30.6 Å². The molecule has 0 saturated heterocycles. The third-order valence-electron chi connectivity index (χ3n) is 5.91. The lowest BCUT2D eigenvalue weighted by atomic mass is 10.1.